The number of carbonyl (C=O) groups is 1. The van der Waals surface area contributed by atoms with E-state index >= 15 is 0 Å². The van der Waals surface area contributed by atoms with Gasteiger partial charge in [0.25, 0.3) is 0 Å². The summed E-state index contributed by atoms with van der Waals surface area (Å²) in [4.78, 5) is 12.5. The van der Waals surface area contributed by atoms with E-state index in [-0.39, 0.29) is 5.78 Å². The number of ether oxygens (including phenoxy) is 4. The zero-order valence-electron chi connectivity index (χ0n) is 20.1. The van der Waals surface area contributed by atoms with Gasteiger partial charge in [-0.3, -0.25) is 4.79 Å². The zero-order chi connectivity index (χ0) is 25.4. The summed E-state index contributed by atoms with van der Waals surface area (Å²) in [5.41, 5.74) is 9.56. The van der Waals surface area contributed by atoms with E-state index in [9.17, 15) is 4.79 Å². The molecular weight excluding hydrogens is 466 g/mol. The van der Waals surface area contributed by atoms with Crippen LogP contribution in [0.2, 0.25) is 5.02 Å². The molecule has 7 heteroatoms. The second-order valence-electron chi connectivity index (χ2n) is 7.57. The number of anilines is 1. The summed E-state index contributed by atoms with van der Waals surface area (Å²) in [6.45, 7) is 0. The Hall–Kier alpha value is -3.90. The highest BCUT2D eigenvalue weighted by Gasteiger charge is 2.13. The van der Waals surface area contributed by atoms with Crippen LogP contribution >= 0.6 is 11.6 Å². The van der Waals surface area contributed by atoms with Crippen molar-refractivity contribution >= 4 is 35.2 Å². The molecule has 2 N–H and O–H groups in total. The van der Waals surface area contributed by atoms with Gasteiger partial charge in [0, 0.05) is 11.3 Å². The smallest absolute Gasteiger partial charge is 0.203 e. The summed E-state index contributed by atoms with van der Waals surface area (Å²) in [6, 6.07) is 14.2. The highest BCUT2D eigenvalue weighted by atomic mass is 35.5. The lowest BCUT2D eigenvalue weighted by Crippen LogP contribution is -1.96. The van der Waals surface area contributed by atoms with Crippen molar-refractivity contribution in [1.29, 1.82) is 0 Å². The maximum absolute atomic E-state index is 12.5. The average Bonchev–Trinajstić information content (AvgIpc) is 2.87. The van der Waals surface area contributed by atoms with Gasteiger partial charge in [0.05, 0.1) is 33.5 Å². The van der Waals surface area contributed by atoms with E-state index in [1.165, 1.54) is 0 Å². The second kappa shape index (κ2) is 12.0. The van der Waals surface area contributed by atoms with Crippen LogP contribution in [0.5, 0.6) is 23.0 Å². The molecule has 0 fully saturated rings. The number of ketones is 1. The number of nitrogen functional groups attached to an aromatic ring is 1. The van der Waals surface area contributed by atoms with Crippen LogP contribution in [0.25, 0.3) is 12.2 Å². The summed E-state index contributed by atoms with van der Waals surface area (Å²) < 4.78 is 21.7. The molecule has 0 spiro atoms. The van der Waals surface area contributed by atoms with Crippen molar-refractivity contribution < 1.29 is 23.7 Å². The number of rotatable bonds is 10. The molecule has 0 saturated heterocycles. The maximum atomic E-state index is 12.5. The Balaban J connectivity index is 1.90. The van der Waals surface area contributed by atoms with E-state index in [2.05, 4.69) is 0 Å². The molecule has 0 radical (unpaired) electrons. The molecule has 0 heterocycles. The molecular formula is C28H28ClNO5. The molecule has 3 aromatic carbocycles. The van der Waals surface area contributed by atoms with Crippen LogP contribution in [-0.4, -0.2) is 34.2 Å². The van der Waals surface area contributed by atoms with Gasteiger partial charge >= 0.3 is 0 Å². The Bertz CT molecular complexity index is 1220. The molecule has 0 aromatic heterocycles. The lowest BCUT2D eigenvalue weighted by Gasteiger charge is -2.13. The van der Waals surface area contributed by atoms with Gasteiger partial charge in [-0.2, -0.15) is 0 Å². The normalized spacial score (nSPS) is 11.1. The topological polar surface area (TPSA) is 80.0 Å². The number of halogens is 1. The highest BCUT2D eigenvalue weighted by Crippen LogP contribution is 2.39. The van der Waals surface area contributed by atoms with Crippen molar-refractivity contribution in [2.45, 2.75) is 6.42 Å². The van der Waals surface area contributed by atoms with Crippen molar-refractivity contribution in [3.05, 3.63) is 88.0 Å². The lowest BCUT2D eigenvalue weighted by molar-refractivity contribution is 0.104. The molecule has 3 rings (SSSR count). The van der Waals surface area contributed by atoms with Gasteiger partial charge in [-0.25, -0.2) is 0 Å². The van der Waals surface area contributed by atoms with Gasteiger partial charge in [-0.15, -0.1) is 0 Å². The number of hydrogen-bond donors (Lipinski definition) is 1. The number of carbonyl (C=O) groups excluding carboxylic acids is 1. The number of nitrogens with two attached hydrogens (primary N) is 1. The van der Waals surface area contributed by atoms with E-state index in [1.54, 1.807) is 58.8 Å². The molecule has 0 unspecified atom stereocenters. The van der Waals surface area contributed by atoms with E-state index in [0.717, 1.165) is 16.7 Å². The molecule has 6 nitrogen and oxygen atoms in total. The quantitative estimate of drug-likeness (QED) is 0.159. The molecule has 0 atom stereocenters. The molecule has 35 heavy (non-hydrogen) atoms. The Morgan fingerprint density at radius 2 is 1.49 bits per heavy atom. The van der Waals surface area contributed by atoms with E-state index < -0.39 is 0 Å². The van der Waals surface area contributed by atoms with Crippen molar-refractivity contribution in [3.8, 4) is 23.0 Å². The predicted octanol–water partition coefficient (Wildman–Crippen LogP) is 6.11. The standard InChI is InChI=1S/C28H28ClNO5/c1-32-25-17-20(6-5-7-24(31)19-10-12-22(30)13-11-19)21(16-23(25)29)9-8-18-14-26(33-2)28(35-4)27(15-18)34-3/h5,7-17H,6,30H2,1-4H3/b7-5-,9-8-. The van der Waals surface area contributed by atoms with Crippen LogP contribution in [-0.2, 0) is 6.42 Å². The third-order valence-corrected chi connectivity index (χ3v) is 5.65. The largest absolute Gasteiger partial charge is 0.495 e. The monoisotopic (exact) mass is 493 g/mol. The number of hydrogen-bond acceptors (Lipinski definition) is 6. The molecule has 0 saturated carbocycles. The molecule has 0 aliphatic carbocycles. The van der Waals surface area contributed by atoms with Crippen molar-refractivity contribution in [2.24, 2.45) is 0 Å². The van der Waals surface area contributed by atoms with Gasteiger partial charge in [-0.05, 0) is 77.7 Å². The first-order chi connectivity index (χ1) is 16.9. The summed E-state index contributed by atoms with van der Waals surface area (Å²) in [6.07, 6.45) is 7.74. The fourth-order valence-electron chi connectivity index (χ4n) is 3.52. The second-order valence-corrected chi connectivity index (χ2v) is 7.98. The van der Waals surface area contributed by atoms with Crippen molar-refractivity contribution in [1.82, 2.24) is 0 Å². The number of benzene rings is 3. The van der Waals surface area contributed by atoms with Crippen LogP contribution < -0.4 is 24.7 Å². The van der Waals surface area contributed by atoms with Gasteiger partial charge in [0.1, 0.15) is 5.75 Å². The summed E-state index contributed by atoms with van der Waals surface area (Å²) >= 11 is 6.40. The lowest BCUT2D eigenvalue weighted by atomic mass is 10.0. The van der Waals surface area contributed by atoms with Gasteiger partial charge in [-0.1, -0.05) is 29.8 Å². The van der Waals surface area contributed by atoms with Gasteiger partial charge < -0.3 is 24.7 Å². The van der Waals surface area contributed by atoms with Crippen molar-refractivity contribution in [3.63, 3.8) is 0 Å². The molecule has 3 aromatic rings. The molecule has 0 aliphatic heterocycles. The maximum Gasteiger partial charge on any atom is 0.203 e. The van der Waals surface area contributed by atoms with Crippen LogP contribution in [0.4, 0.5) is 5.69 Å². The molecule has 0 aliphatic rings. The SMILES string of the molecule is COc1cc(C/C=C\C(=O)c2ccc(N)cc2)c(/C=C\c2cc(OC)c(OC)c(OC)c2)cc1Cl. The number of methoxy groups -OCH3 is 4. The summed E-state index contributed by atoms with van der Waals surface area (Å²) in [5.74, 6) is 2.11. The highest BCUT2D eigenvalue weighted by molar-refractivity contribution is 6.32. The first kappa shape index (κ1) is 25.7. The fraction of sp³-hybridized carbons (Fsp3) is 0.179. The Labute approximate surface area is 210 Å². The summed E-state index contributed by atoms with van der Waals surface area (Å²) in [5, 5.41) is 0.489. The fourth-order valence-corrected chi connectivity index (χ4v) is 3.77. The zero-order valence-corrected chi connectivity index (χ0v) is 20.9. The van der Waals surface area contributed by atoms with E-state index in [0.29, 0.717) is 45.7 Å². The van der Waals surface area contributed by atoms with E-state index in [1.807, 2.05) is 42.5 Å². The third kappa shape index (κ3) is 6.37. The van der Waals surface area contributed by atoms with Gasteiger partial charge in [0.2, 0.25) is 5.75 Å². The Morgan fingerprint density at radius 3 is 2.06 bits per heavy atom. The number of allylic oxidation sites excluding steroid dienone is 2. The van der Waals surface area contributed by atoms with Gasteiger partial charge in [0.15, 0.2) is 17.3 Å². The van der Waals surface area contributed by atoms with Crippen LogP contribution in [0.15, 0.2) is 60.7 Å². The third-order valence-electron chi connectivity index (χ3n) is 5.36. The molecule has 182 valence electrons. The average molecular weight is 494 g/mol. The molecule has 0 amide bonds. The minimum absolute atomic E-state index is 0.0968. The minimum atomic E-state index is -0.0968. The first-order valence-electron chi connectivity index (χ1n) is 10.8. The van der Waals surface area contributed by atoms with Crippen LogP contribution in [0.3, 0.4) is 0 Å². The van der Waals surface area contributed by atoms with E-state index in [4.69, 9.17) is 36.3 Å². The first-order valence-corrected chi connectivity index (χ1v) is 11.2. The predicted molar refractivity (Wildman–Crippen MR) is 141 cm³/mol. The Kier molecular flexibility index (Phi) is 8.81. The molecule has 0 bridgehead atoms. The van der Waals surface area contributed by atoms with Crippen LogP contribution in [0, 0.1) is 0 Å². The Morgan fingerprint density at radius 1 is 0.857 bits per heavy atom. The minimum Gasteiger partial charge on any atom is -0.495 e. The van der Waals surface area contributed by atoms with Crippen LogP contribution in [0.1, 0.15) is 27.0 Å². The summed E-state index contributed by atoms with van der Waals surface area (Å²) in [7, 11) is 6.28. The van der Waals surface area contributed by atoms with Crippen molar-refractivity contribution in [2.75, 3.05) is 34.2 Å².